The van der Waals surface area contributed by atoms with Crippen molar-refractivity contribution in [1.82, 2.24) is 18.9 Å². The van der Waals surface area contributed by atoms with Gasteiger partial charge in [0.2, 0.25) is 15.9 Å². The summed E-state index contributed by atoms with van der Waals surface area (Å²) in [5.74, 6) is -0.128. The van der Waals surface area contributed by atoms with E-state index < -0.39 is 10.0 Å². The van der Waals surface area contributed by atoms with E-state index in [1.54, 1.807) is 48.6 Å². The first-order valence-electron chi connectivity index (χ1n) is 8.88. The summed E-state index contributed by atoms with van der Waals surface area (Å²) in [5, 5.41) is 11.9. The van der Waals surface area contributed by atoms with Crippen LogP contribution in [0.4, 0.5) is 5.69 Å². The van der Waals surface area contributed by atoms with E-state index in [0.29, 0.717) is 34.6 Å². The summed E-state index contributed by atoms with van der Waals surface area (Å²) in [6, 6.07) is 9.91. The van der Waals surface area contributed by atoms with Crippen LogP contribution in [0.3, 0.4) is 0 Å². The lowest BCUT2D eigenvalue weighted by atomic mass is 10.3. The van der Waals surface area contributed by atoms with Crippen LogP contribution < -0.4 is 5.32 Å². The molecule has 29 heavy (non-hydrogen) atoms. The van der Waals surface area contributed by atoms with Crippen molar-refractivity contribution in [2.45, 2.75) is 23.9 Å². The van der Waals surface area contributed by atoms with Crippen LogP contribution in [0.5, 0.6) is 0 Å². The number of halogens is 1. The Kier molecular flexibility index (Phi) is 6.78. The van der Waals surface area contributed by atoms with Gasteiger partial charge < -0.3 is 5.32 Å². The van der Waals surface area contributed by atoms with Crippen LogP contribution in [-0.4, -0.2) is 52.1 Å². The van der Waals surface area contributed by atoms with Crippen molar-refractivity contribution >= 4 is 50.6 Å². The first-order valence-corrected chi connectivity index (χ1v) is 11.7. The number of sulfonamides is 1. The van der Waals surface area contributed by atoms with E-state index in [-0.39, 0.29) is 16.6 Å². The summed E-state index contributed by atoms with van der Waals surface area (Å²) in [6.45, 7) is 4.34. The second kappa shape index (κ2) is 9.12. The number of nitrogens with zero attached hydrogens (tertiary/aromatic N) is 4. The molecule has 0 radical (unpaired) electrons. The monoisotopic (exact) mass is 453 g/mol. The van der Waals surface area contributed by atoms with Crippen LogP contribution in [0.1, 0.15) is 13.8 Å². The van der Waals surface area contributed by atoms with Crippen LogP contribution in [0.25, 0.3) is 5.65 Å². The van der Waals surface area contributed by atoms with E-state index in [9.17, 15) is 13.2 Å². The number of carbonyl (C=O) groups is 1. The Bertz CT molecular complexity index is 1110. The third kappa shape index (κ3) is 4.89. The molecule has 0 saturated heterocycles. The van der Waals surface area contributed by atoms with Gasteiger partial charge in [-0.1, -0.05) is 37.2 Å². The SMILES string of the molecule is CCN(CC)S(=O)(=O)c1ccc2nnc(SCC(=O)Nc3ccc(Cl)cc3)n2c1. The van der Waals surface area contributed by atoms with Gasteiger partial charge in [-0.3, -0.25) is 9.20 Å². The molecule has 0 unspecified atom stereocenters. The third-order valence-corrected chi connectivity index (χ3v) is 7.38. The minimum Gasteiger partial charge on any atom is -0.325 e. The highest BCUT2D eigenvalue weighted by Gasteiger charge is 2.23. The maximum Gasteiger partial charge on any atom is 0.244 e. The molecule has 0 atom stereocenters. The number of anilines is 1. The Labute approximate surface area is 178 Å². The van der Waals surface area contributed by atoms with Gasteiger partial charge in [0.25, 0.3) is 0 Å². The summed E-state index contributed by atoms with van der Waals surface area (Å²) >= 11 is 7.00. The Morgan fingerprint density at radius 3 is 2.48 bits per heavy atom. The lowest BCUT2D eigenvalue weighted by molar-refractivity contribution is -0.113. The molecule has 154 valence electrons. The van der Waals surface area contributed by atoms with Gasteiger partial charge in [-0.05, 0) is 36.4 Å². The fourth-order valence-electron chi connectivity index (χ4n) is 2.67. The quantitative estimate of drug-likeness (QED) is 0.526. The molecule has 0 aliphatic rings. The van der Waals surface area contributed by atoms with E-state index in [1.807, 2.05) is 0 Å². The Hall–Kier alpha value is -2.14. The normalized spacial score (nSPS) is 11.9. The van der Waals surface area contributed by atoms with Gasteiger partial charge in [0, 0.05) is 30.0 Å². The van der Waals surface area contributed by atoms with Crippen molar-refractivity contribution in [3.05, 3.63) is 47.6 Å². The third-order valence-electron chi connectivity index (χ3n) is 4.15. The molecule has 1 amide bonds. The number of fused-ring (bicyclic) bond motifs is 1. The number of aromatic nitrogens is 3. The maximum atomic E-state index is 12.8. The lowest BCUT2D eigenvalue weighted by Gasteiger charge is -2.18. The van der Waals surface area contributed by atoms with Gasteiger partial charge in [-0.15, -0.1) is 10.2 Å². The van der Waals surface area contributed by atoms with Crippen LogP contribution in [0.15, 0.2) is 52.6 Å². The van der Waals surface area contributed by atoms with Crippen molar-refractivity contribution in [3.8, 4) is 0 Å². The molecule has 3 aromatic rings. The molecule has 0 fully saturated rings. The number of carbonyl (C=O) groups excluding carboxylic acids is 1. The Morgan fingerprint density at radius 1 is 1.14 bits per heavy atom. The zero-order valence-electron chi connectivity index (χ0n) is 15.9. The number of hydrogen-bond donors (Lipinski definition) is 1. The molecular formula is C18H20ClN5O3S2. The van der Waals surface area contributed by atoms with Gasteiger partial charge in [-0.25, -0.2) is 8.42 Å². The smallest absolute Gasteiger partial charge is 0.244 e. The topological polar surface area (TPSA) is 96.7 Å². The number of thioether (sulfide) groups is 1. The molecular weight excluding hydrogens is 434 g/mol. The molecule has 0 bridgehead atoms. The zero-order valence-corrected chi connectivity index (χ0v) is 18.3. The molecule has 3 rings (SSSR count). The number of rotatable bonds is 8. The average molecular weight is 454 g/mol. The molecule has 0 aliphatic heterocycles. The largest absolute Gasteiger partial charge is 0.325 e. The molecule has 0 aliphatic carbocycles. The number of benzene rings is 1. The summed E-state index contributed by atoms with van der Waals surface area (Å²) in [7, 11) is -3.61. The minimum absolute atomic E-state index is 0.0937. The van der Waals surface area contributed by atoms with Gasteiger partial charge >= 0.3 is 0 Å². The maximum absolute atomic E-state index is 12.8. The Balaban J connectivity index is 1.76. The summed E-state index contributed by atoms with van der Waals surface area (Å²) in [5.41, 5.74) is 1.14. The van der Waals surface area contributed by atoms with Crippen LogP contribution in [-0.2, 0) is 14.8 Å². The predicted octanol–water partition coefficient (Wildman–Crippen LogP) is 3.14. The fraction of sp³-hybridized carbons (Fsp3) is 0.278. The second-order valence-electron chi connectivity index (χ2n) is 6.01. The van der Waals surface area contributed by atoms with Crippen LogP contribution in [0.2, 0.25) is 5.02 Å². The zero-order chi connectivity index (χ0) is 21.0. The van der Waals surface area contributed by atoms with Gasteiger partial charge in [0.1, 0.15) is 0 Å². The van der Waals surface area contributed by atoms with E-state index >= 15 is 0 Å². The minimum atomic E-state index is -3.61. The van der Waals surface area contributed by atoms with Crippen molar-refractivity contribution in [1.29, 1.82) is 0 Å². The highest BCUT2D eigenvalue weighted by molar-refractivity contribution is 7.99. The first kappa shape index (κ1) is 21.6. The van der Waals surface area contributed by atoms with E-state index in [1.165, 1.54) is 28.3 Å². The standard InChI is InChI=1S/C18H20ClN5O3S2/c1-3-23(4-2)29(26,27)15-9-10-16-21-22-18(24(16)11-15)28-12-17(25)20-14-7-5-13(19)6-8-14/h5-11H,3-4,12H2,1-2H3,(H,20,25). The average Bonchev–Trinajstić information content (AvgIpc) is 3.11. The van der Waals surface area contributed by atoms with Crippen molar-refractivity contribution in [2.75, 3.05) is 24.2 Å². The molecule has 11 heteroatoms. The molecule has 1 N–H and O–H groups in total. The summed E-state index contributed by atoms with van der Waals surface area (Å²) < 4.78 is 28.5. The van der Waals surface area contributed by atoms with Crippen LogP contribution >= 0.6 is 23.4 Å². The first-order chi connectivity index (χ1) is 13.8. The molecule has 8 nitrogen and oxygen atoms in total. The van der Waals surface area contributed by atoms with Gasteiger partial charge in [-0.2, -0.15) is 4.31 Å². The second-order valence-corrected chi connectivity index (χ2v) is 9.33. The highest BCUT2D eigenvalue weighted by Crippen LogP contribution is 2.22. The van der Waals surface area contributed by atoms with E-state index in [2.05, 4.69) is 15.5 Å². The fourth-order valence-corrected chi connectivity index (χ4v) is 4.97. The van der Waals surface area contributed by atoms with Crippen molar-refractivity contribution in [3.63, 3.8) is 0 Å². The van der Waals surface area contributed by atoms with Crippen LogP contribution in [0, 0.1) is 0 Å². The molecule has 0 spiro atoms. The molecule has 2 aromatic heterocycles. The predicted molar refractivity (Wildman–Crippen MR) is 114 cm³/mol. The van der Waals surface area contributed by atoms with E-state index in [0.717, 1.165) is 0 Å². The molecule has 2 heterocycles. The summed E-state index contributed by atoms with van der Waals surface area (Å²) in [6.07, 6.45) is 1.49. The highest BCUT2D eigenvalue weighted by atomic mass is 35.5. The summed E-state index contributed by atoms with van der Waals surface area (Å²) in [4.78, 5) is 12.4. The van der Waals surface area contributed by atoms with Gasteiger partial charge in [0.15, 0.2) is 10.8 Å². The number of pyridine rings is 1. The van der Waals surface area contributed by atoms with Crippen molar-refractivity contribution < 1.29 is 13.2 Å². The van der Waals surface area contributed by atoms with E-state index in [4.69, 9.17) is 11.6 Å². The Morgan fingerprint density at radius 2 is 1.83 bits per heavy atom. The number of hydrogen-bond acceptors (Lipinski definition) is 6. The lowest BCUT2D eigenvalue weighted by Crippen LogP contribution is -2.30. The number of nitrogens with one attached hydrogen (secondary N) is 1. The molecule has 0 saturated carbocycles. The van der Waals surface area contributed by atoms with Gasteiger partial charge in [0.05, 0.1) is 10.6 Å². The van der Waals surface area contributed by atoms with Crippen molar-refractivity contribution in [2.24, 2.45) is 0 Å². The molecule has 1 aromatic carbocycles. The number of amides is 1.